The Hall–Kier alpha value is -3.97. The minimum Gasteiger partial charge on any atom is -0.478 e. The molecular formula is C29H27F3N4O5S. The van der Waals surface area contributed by atoms with Crippen molar-refractivity contribution in [3.05, 3.63) is 94.1 Å². The molecule has 42 heavy (non-hydrogen) atoms. The number of fused-ring (bicyclic) bond motifs is 1. The zero-order chi connectivity index (χ0) is 30.0. The summed E-state index contributed by atoms with van der Waals surface area (Å²) in [5.74, 6) is -0.846. The third-order valence-corrected chi connectivity index (χ3v) is 9.71. The SMILES string of the molecule is Cc1cc([C@@H]2C[C@H]2c2c(C(=O)O)cnn2-c2cccc(CN3C[C@@H](C)Cc4cc(C(F)(F)F)ccc4S3(=O)=O)c2)on1. The number of aromatic nitrogens is 3. The van der Waals surface area contributed by atoms with Gasteiger partial charge < -0.3 is 9.63 Å². The summed E-state index contributed by atoms with van der Waals surface area (Å²) >= 11 is 0. The number of aromatic carboxylic acids is 1. The van der Waals surface area contributed by atoms with Crippen LogP contribution < -0.4 is 0 Å². The summed E-state index contributed by atoms with van der Waals surface area (Å²) < 4.78 is 75.5. The third-order valence-electron chi connectivity index (χ3n) is 7.79. The van der Waals surface area contributed by atoms with Gasteiger partial charge in [-0.1, -0.05) is 24.2 Å². The van der Waals surface area contributed by atoms with E-state index in [1.165, 1.54) is 10.5 Å². The summed E-state index contributed by atoms with van der Waals surface area (Å²) in [5.41, 5.74) is 1.78. The van der Waals surface area contributed by atoms with E-state index in [-0.39, 0.29) is 53.3 Å². The van der Waals surface area contributed by atoms with Gasteiger partial charge in [0.1, 0.15) is 11.3 Å². The molecule has 9 nitrogen and oxygen atoms in total. The van der Waals surface area contributed by atoms with Gasteiger partial charge in [-0.25, -0.2) is 17.9 Å². The number of carbonyl (C=O) groups is 1. The van der Waals surface area contributed by atoms with Crippen molar-refractivity contribution in [2.45, 2.75) is 56.1 Å². The van der Waals surface area contributed by atoms with E-state index in [4.69, 9.17) is 4.52 Å². The van der Waals surface area contributed by atoms with Gasteiger partial charge in [0, 0.05) is 31.0 Å². The molecule has 1 saturated carbocycles. The van der Waals surface area contributed by atoms with Crippen LogP contribution in [-0.2, 0) is 29.2 Å². The normalized spacial score (nSPS) is 22.0. The second-order valence-electron chi connectivity index (χ2n) is 11.1. The van der Waals surface area contributed by atoms with E-state index < -0.39 is 27.7 Å². The van der Waals surface area contributed by atoms with Crippen LogP contribution in [0.4, 0.5) is 13.2 Å². The summed E-state index contributed by atoms with van der Waals surface area (Å²) in [7, 11) is -4.10. The van der Waals surface area contributed by atoms with E-state index in [9.17, 15) is 31.5 Å². The molecule has 0 amide bonds. The van der Waals surface area contributed by atoms with Crippen LogP contribution in [0.2, 0.25) is 0 Å². The third kappa shape index (κ3) is 5.11. The molecule has 220 valence electrons. The van der Waals surface area contributed by atoms with E-state index in [2.05, 4.69) is 10.3 Å². The van der Waals surface area contributed by atoms with E-state index in [0.717, 1.165) is 23.9 Å². The van der Waals surface area contributed by atoms with Crippen molar-refractivity contribution in [2.24, 2.45) is 5.92 Å². The highest BCUT2D eigenvalue weighted by Crippen LogP contribution is 2.55. The topological polar surface area (TPSA) is 119 Å². The van der Waals surface area contributed by atoms with E-state index >= 15 is 0 Å². The standard InChI is InChI=1S/C29H27F3N4O5S/c1-16-8-19-11-20(29(30,31)32)6-7-26(19)42(39,40)35(14-16)15-18-4-3-5-21(10-18)36-27(24(13-33-36)28(37)38)23-12-22(23)25-9-17(2)34-41-25/h3-7,9-11,13,16,22-23H,8,12,14-15H2,1-2H3,(H,37,38)/t16-,22+,23+/m0/s1. The zero-order valence-corrected chi connectivity index (χ0v) is 23.5. The monoisotopic (exact) mass is 600 g/mol. The molecule has 2 aromatic heterocycles. The Morgan fingerprint density at radius 2 is 1.93 bits per heavy atom. The van der Waals surface area contributed by atoms with Gasteiger partial charge in [-0.05, 0) is 67.1 Å². The number of halogens is 3. The van der Waals surface area contributed by atoms with Crippen molar-refractivity contribution in [3.8, 4) is 5.69 Å². The van der Waals surface area contributed by atoms with Crippen molar-refractivity contribution < 1.29 is 36.0 Å². The fourth-order valence-corrected chi connectivity index (χ4v) is 7.55. The molecule has 1 N–H and O–H groups in total. The number of hydrogen-bond acceptors (Lipinski definition) is 6. The highest BCUT2D eigenvalue weighted by atomic mass is 32.2. The molecule has 13 heteroatoms. The molecule has 3 atom stereocenters. The van der Waals surface area contributed by atoms with Crippen molar-refractivity contribution >= 4 is 16.0 Å². The molecule has 0 saturated heterocycles. The zero-order valence-electron chi connectivity index (χ0n) is 22.7. The molecule has 3 heterocycles. The van der Waals surface area contributed by atoms with Gasteiger partial charge in [-0.15, -0.1) is 0 Å². The predicted octanol–water partition coefficient (Wildman–Crippen LogP) is 5.54. The maximum absolute atomic E-state index is 13.6. The van der Waals surface area contributed by atoms with E-state index in [1.54, 1.807) is 35.9 Å². The summed E-state index contributed by atoms with van der Waals surface area (Å²) in [5, 5.41) is 18.2. The van der Waals surface area contributed by atoms with Crippen LogP contribution in [0.15, 0.2) is 64.1 Å². The van der Waals surface area contributed by atoms with Crippen molar-refractivity contribution in [2.75, 3.05) is 6.54 Å². The minimum atomic E-state index is -4.57. The number of carboxylic acids is 1. The van der Waals surface area contributed by atoms with Gasteiger partial charge >= 0.3 is 12.1 Å². The first kappa shape index (κ1) is 28.2. The first-order valence-electron chi connectivity index (χ1n) is 13.4. The van der Waals surface area contributed by atoms with Crippen LogP contribution in [-0.4, -0.2) is 45.3 Å². The molecule has 0 bridgehead atoms. The number of benzene rings is 2. The fraction of sp³-hybridized carbons (Fsp3) is 0.345. The highest BCUT2D eigenvalue weighted by Gasteiger charge is 2.46. The van der Waals surface area contributed by atoms with Crippen molar-refractivity contribution in [1.29, 1.82) is 0 Å². The number of hydrogen-bond donors (Lipinski definition) is 1. The van der Waals surface area contributed by atoms with Crippen LogP contribution in [0, 0.1) is 12.8 Å². The number of sulfonamides is 1. The number of alkyl halides is 3. The number of carboxylic acid groups (broad SMARTS) is 1. The summed E-state index contributed by atoms with van der Waals surface area (Å²) in [6.45, 7) is 3.72. The van der Waals surface area contributed by atoms with Crippen LogP contribution in [0.5, 0.6) is 0 Å². The molecule has 0 radical (unpaired) electrons. The average Bonchev–Trinajstić information content (AvgIpc) is 3.39. The lowest BCUT2D eigenvalue weighted by atomic mass is 9.99. The molecule has 4 aromatic rings. The quantitative estimate of drug-likeness (QED) is 0.309. The molecule has 2 aliphatic rings. The van der Waals surface area contributed by atoms with Crippen LogP contribution in [0.25, 0.3) is 5.69 Å². The van der Waals surface area contributed by atoms with Crippen LogP contribution in [0.3, 0.4) is 0 Å². The van der Waals surface area contributed by atoms with Gasteiger partial charge in [0.15, 0.2) is 0 Å². The predicted molar refractivity (Wildman–Crippen MR) is 144 cm³/mol. The Morgan fingerprint density at radius 1 is 1.14 bits per heavy atom. The second-order valence-corrected chi connectivity index (χ2v) is 13.0. The Bertz CT molecular complexity index is 1800. The van der Waals surface area contributed by atoms with Gasteiger partial charge in [-0.3, -0.25) is 0 Å². The molecule has 1 aliphatic heterocycles. The maximum atomic E-state index is 13.6. The first-order valence-corrected chi connectivity index (χ1v) is 14.8. The molecule has 2 aromatic carbocycles. The molecule has 6 rings (SSSR count). The number of nitrogens with zero attached hydrogens (tertiary/aromatic N) is 4. The largest absolute Gasteiger partial charge is 0.478 e. The average molecular weight is 601 g/mol. The van der Waals surface area contributed by atoms with Gasteiger partial charge in [0.05, 0.1) is 33.7 Å². The van der Waals surface area contributed by atoms with Crippen LogP contribution in [0.1, 0.15) is 69.4 Å². The van der Waals surface area contributed by atoms with Gasteiger partial charge in [-0.2, -0.15) is 22.6 Å². The molecule has 0 unspecified atom stereocenters. The fourth-order valence-electron chi connectivity index (χ4n) is 5.79. The van der Waals surface area contributed by atoms with Crippen molar-refractivity contribution in [1.82, 2.24) is 19.2 Å². The lowest BCUT2D eigenvalue weighted by molar-refractivity contribution is -0.137. The summed E-state index contributed by atoms with van der Waals surface area (Å²) in [4.78, 5) is 11.9. The van der Waals surface area contributed by atoms with Gasteiger partial charge in [0.2, 0.25) is 10.0 Å². The molecule has 1 fully saturated rings. The Labute approximate surface area is 239 Å². The number of rotatable bonds is 6. The summed E-state index contributed by atoms with van der Waals surface area (Å²) in [6, 6.07) is 11.6. The van der Waals surface area contributed by atoms with Crippen molar-refractivity contribution in [3.63, 3.8) is 0 Å². The Morgan fingerprint density at radius 3 is 2.62 bits per heavy atom. The highest BCUT2D eigenvalue weighted by molar-refractivity contribution is 7.89. The Balaban J connectivity index is 1.32. The minimum absolute atomic E-state index is 0.0211. The van der Waals surface area contributed by atoms with E-state index in [1.807, 2.05) is 13.0 Å². The lowest BCUT2D eigenvalue weighted by Gasteiger charge is -2.23. The van der Waals surface area contributed by atoms with Crippen LogP contribution >= 0.6 is 0 Å². The second kappa shape index (κ2) is 10.1. The lowest BCUT2D eigenvalue weighted by Crippen LogP contribution is -2.32. The number of aryl methyl sites for hydroxylation is 1. The van der Waals surface area contributed by atoms with Gasteiger partial charge in [0.25, 0.3) is 0 Å². The van der Waals surface area contributed by atoms with E-state index in [0.29, 0.717) is 29.1 Å². The smallest absolute Gasteiger partial charge is 0.416 e. The molecule has 1 aliphatic carbocycles. The molecule has 0 spiro atoms. The maximum Gasteiger partial charge on any atom is 0.416 e. The molecular weight excluding hydrogens is 573 g/mol. The first-order chi connectivity index (χ1) is 19.8. The Kier molecular flexibility index (Phi) is 6.76. The summed E-state index contributed by atoms with van der Waals surface area (Å²) in [6.07, 6.45) is -2.41.